The number of ketones is 1. The molecule has 0 bridgehead atoms. The van der Waals surface area contributed by atoms with Gasteiger partial charge in [-0.3, -0.25) is 4.79 Å². The van der Waals surface area contributed by atoms with Gasteiger partial charge in [-0.25, -0.2) is 4.79 Å². The minimum Gasteiger partial charge on any atom is -0.513 e. The summed E-state index contributed by atoms with van der Waals surface area (Å²) < 4.78 is 5.20. The molecule has 26 heavy (non-hydrogen) atoms. The van der Waals surface area contributed by atoms with Gasteiger partial charge < -0.3 is 20.1 Å². The number of ether oxygens (including phenoxy) is 1. The molecule has 0 amide bonds. The lowest BCUT2D eigenvalue weighted by Gasteiger charge is -2.11. The van der Waals surface area contributed by atoms with Crippen LogP contribution in [0.3, 0.4) is 0 Å². The first-order valence-electron chi connectivity index (χ1n) is 8.26. The molecule has 0 radical (unpaired) electrons. The average Bonchev–Trinajstić information content (AvgIpc) is 2.53. The standard InChI is InChI=1S/C20H28O6/c1-14(8-7-10-18(24)13-21)19(15(2)12-17(4)23)20(25)26-11-6-5-9-16(3)22/h5,7-9,12,18,21,23-24H,1,6,10-11,13H2,2-4H3/b8-7+,9-5-,17-12+,19-15+. The summed E-state index contributed by atoms with van der Waals surface area (Å²) in [4.78, 5) is 23.2. The highest BCUT2D eigenvalue weighted by Gasteiger charge is 2.16. The maximum absolute atomic E-state index is 12.4. The molecule has 0 aliphatic heterocycles. The van der Waals surface area contributed by atoms with Crippen LogP contribution in [0.2, 0.25) is 0 Å². The maximum atomic E-state index is 12.4. The van der Waals surface area contributed by atoms with E-state index in [-0.39, 0.29) is 36.8 Å². The van der Waals surface area contributed by atoms with Crippen LogP contribution >= 0.6 is 0 Å². The first-order chi connectivity index (χ1) is 12.2. The number of esters is 1. The molecule has 0 rings (SSSR count). The van der Waals surface area contributed by atoms with Crippen molar-refractivity contribution in [1.82, 2.24) is 0 Å². The van der Waals surface area contributed by atoms with Crippen LogP contribution in [0, 0.1) is 0 Å². The van der Waals surface area contributed by atoms with Gasteiger partial charge in [-0.15, -0.1) is 0 Å². The Labute approximate surface area is 154 Å². The van der Waals surface area contributed by atoms with Crippen molar-refractivity contribution in [2.45, 2.75) is 39.7 Å². The Morgan fingerprint density at radius 2 is 1.81 bits per heavy atom. The third-order valence-corrected chi connectivity index (χ3v) is 3.15. The van der Waals surface area contributed by atoms with Crippen molar-refractivity contribution < 1.29 is 29.6 Å². The molecule has 0 aliphatic carbocycles. The molecule has 0 aliphatic rings. The van der Waals surface area contributed by atoms with Gasteiger partial charge in [0.2, 0.25) is 0 Å². The molecule has 6 heteroatoms. The number of carbonyl (C=O) groups is 2. The van der Waals surface area contributed by atoms with Crippen molar-refractivity contribution in [2.75, 3.05) is 13.2 Å². The van der Waals surface area contributed by atoms with Crippen molar-refractivity contribution in [3.8, 4) is 0 Å². The van der Waals surface area contributed by atoms with Crippen molar-refractivity contribution in [2.24, 2.45) is 0 Å². The zero-order valence-corrected chi connectivity index (χ0v) is 15.6. The summed E-state index contributed by atoms with van der Waals surface area (Å²) in [6.45, 7) is 8.13. The molecule has 0 saturated carbocycles. The lowest BCUT2D eigenvalue weighted by atomic mass is 10.0. The van der Waals surface area contributed by atoms with Crippen molar-refractivity contribution in [1.29, 1.82) is 0 Å². The molecule has 1 unspecified atom stereocenters. The topological polar surface area (TPSA) is 104 Å². The molecule has 0 saturated heterocycles. The minimum atomic E-state index is -0.882. The third-order valence-electron chi connectivity index (χ3n) is 3.15. The van der Waals surface area contributed by atoms with E-state index in [1.54, 1.807) is 25.2 Å². The monoisotopic (exact) mass is 364 g/mol. The number of allylic oxidation sites excluding steroid dienone is 5. The van der Waals surface area contributed by atoms with Gasteiger partial charge in [-0.05, 0) is 56.9 Å². The molecule has 0 spiro atoms. The van der Waals surface area contributed by atoms with E-state index in [1.807, 2.05) is 0 Å². The summed E-state index contributed by atoms with van der Waals surface area (Å²) in [7, 11) is 0. The van der Waals surface area contributed by atoms with Crippen molar-refractivity contribution in [3.63, 3.8) is 0 Å². The lowest BCUT2D eigenvalue weighted by Crippen LogP contribution is -2.12. The molecule has 0 heterocycles. The predicted molar refractivity (Wildman–Crippen MR) is 100 cm³/mol. The summed E-state index contributed by atoms with van der Waals surface area (Å²) >= 11 is 0. The van der Waals surface area contributed by atoms with Crippen molar-refractivity contribution in [3.05, 3.63) is 59.4 Å². The van der Waals surface area contributed by atoms with Crippen LogP contribution in [0.25, 0.3) is 0 Å². The second-order valence-corrected chi connectivity index (χ2v) is 5.78. The Hall–Kier alpha value is -2.44. The smallest absolute Gasteiger partial charge is 0.338 e. The highest BCUT2D eigenvalue weighted by atomic mass is 16.5. The van der Waals surface area contributed by atoms with Crippen LogP contribution in [-0.2, 0) is 14.3 Å². The Morgan fingerprint density at radius 1 is 1.15 bits per heavy atom. The van der Waals surface area contributed by atoms with Crippen LogP contribution in [0.15, 0.2) is 59.4 Å². The van der Waals surface area contributed by atoms with E-state index in [1.165, 1.54) is 26.0 Å². The fourth-order valence-corrected chi connectivity index (χ4v) is 2.00. The van der Waals surface area contributed by atoms with E-state index in [0.717, 1.165) is 0 Å². The zero-order valence-electron chi connectivity index (χ0n) is 15.6. The maximum Gasteiger partial charge on any atom is 0.338 e. The second kappa shape index (κ2) is 12.9. The van der Waals surface area contributed by atoms with E-state index in [4.69, 9.17) is 9.84 Å². The van der Waals surface area contributed by atoms with Crippen molar-refractivity contribution >= 4 is 11.8 Å². The van der Waals surface area contributed by atoms with Gasteiger partial charge in [0.1, 0.15) is 0 Å². The average molecular weight is 364 g/mol. The number of hydrogen-bond acceptors (Lipinski definition) is 6. The first-order valence-corrected chi connectivity index (χ1v) is 8.26. The summed E-state index contributed by atoms with van der Waals surface area (Å²) in [6, 6.07) is 0. The van der Waals surface area contributed by atoms with Gasteiger partial charge >= 0.3 is 5.97 Å². The quantitative estimate of drug-likeness (QED) is 0.171. The summed E-state index contributed by atoms with van der Waals surface area (Å²) in [5, 5.41) is 27.6. The Bertz CT molecular complexity index is 618. The van der Waals surface area contributed by atoms with Gasteiger partial charge in [-0.1, -0.05) is 24.8 Å². The molecule has 3 N–H and O–H groups in total. The van der Waals surface area contributed by atoms with Gasteiger partial charge in [0.05, 0.1) is 30.6 Å². The highest BCUT2D eigenvalue weighted by molar-refractivity contribution is 5.95. The van der Waals surface area contributed by atoms with Gasteiger partial charge in [0.25, 0.3) is 0 Å². The molecular formula is C20H28O6. The minimum absolute atomic E-state index is 0.0321. The van der Waals surface area contributed by atoms with Gasteiger partial charge in [-0.2, -0.15) is 0 Å². The van der Waals surface area contributed by atoms with Gasteiger partial charge in [0.15, 0.2) is 5.78 Å². The summed E-state index contributed by atoms with van der Waals surface area (Å²) in [5.41, 5.74) is 1.03. The Balaban J connectivity index is 5.18. The zero-order chi connectivity index (χ0) is 20.1. The molecule has 0 aromatic rings. The number of carbonyl (C=O) groups excluding carboxylic acids is 2. The first kappa shape index (κ1) is 23.6. The van der Waals surface area contributed by atoms with Crippen LogP contribution in [-0.4, -0.2) is 46.4 Å². The normalized spacial score (nSPS) is 14.4. The summed E-state index contributed by atoms with van der Waals surface area (Å²) in [6.07, 6.45) is 7.32. The van der Waals surface area contributed by atoms with Crippen LogP contribution in [0.5, 0.6) is 0 Å². The van der Waals surface area contributed by atoms with E-state index in [9.17, 15) is 19.8 Å². The fraction of sp³-hybridized carbons (Fsp3) is 0.400. The third kappa shape index (κ3) is 10.4. The van der Waals surface area contributed by atoms with E-state index in [2.05, 4.69) is 6.58 Å². The number of hydrogen-bond donors (Lipinski definition) is 3. The number of aliphatic hydroxyl groups is 3. The number of aliphatic hydroxyl groups excluding tert-OH is 3. The van der Waals surface area contributed by atoms with E-state index >= 15 is 0 Å². The van der Waals surface area contributed by atoms with Gasteiger partial charge in [0, 0.05) is 0 Å². The second-order valence-electron chi connectivity index (χ2n) is 5.78. The molecule has 144 valence electrons. The van der Waals surface area contributed by atoms with E-state index in [0.29, 0.717) is 17.6 Å². The number of rotatable bonds is 11. The van der Waals surface area contributed by atoms with Crippen LogP contribution in [0.1, 0.15) is 33.6 Å². The molecule has 1 atom stereocenters. The molecule has 0 aromatic carbocycles. The van der Waals surface area contributed by atoms with Crippen LogP contribution < -0.4 is 0 Å². The fourth-order valence-electron chi connectivity index (χ4n) is 2.00. The lowest BCUT2D eigenvalue weighted by molar-refractivity contribution is -0.138. The molecule has 0 aromatic heterocycles. The molecular weight excluding hydrogens is 336 g/mol. The Morgan fingerprint density at radius 3 is 2.35 bits per heavy atom. The SMILES string of the molecule is C=C(/C=C/CC(O)CO)/C(C(=O)OCC/C=C\C(C)=O)=C(C)\C=C(/C)O. The predicted octanol–water partition coefficient (Wildman–Crippen LogP) is 2.70. The molecule has 6 nitrogen and oxygen atoms in total. The van der Waals surface area contributed by atoms with E-state index < -0.39 is 12.1 Å². The Kier molecular flexibility index (Phi) is 11.6. The summed E-state index contributed by atoms with van der Waals surface area (Å²) in [5.74, 6) is -0.654. The van der Waals surface area contributed by atoms with Crippen LogP contribution in [0.4, 0.5) is 0 Å². The highest BCUT2D eigenvalue weighted by Crippen LogP contribution is 2.19. The molecule has 0 fully saturated rings. The largest absolute Gasteiger partial charge is 0.513 e.